The smallest absolute Gasteiger partial charge is 0.243 e. The molecule has 0 spiro atoms. The third kappa shape index (κ3) is 2.67. The first-order chi connectivity index (χ1) is 9.37. The number of hydrogen-bond acceptors (Lipinski definition) is 5. The van der Waals surface area contributed by atoms with Crippen LogP contribution in [0.3, 0.4) is 0 Å². The number of aliphatic hydroxyl groups is 1. The monoisotopic (exact) mass is 300 g/mol. The van der Waals surface area contributed by atoms with Crippen LogP contribution in [0.2, 0.25) is 0 Å². The molecule has 2 rings (SSSR count). The van der Waals surface area contributed by atoms with Crippen LogP contribution in [0.25, 0.3) is 0 Å². The van der Waals surface area contributed by atoms with E-state index in [9.17, 15) is 13.5 Å². The molecule has 1 aliphatic heterocycles. The van der Waals surface area contributed by atoms with Gasteiger partial charge in [0.2, 0.25) is 10.0 Å². The van der Waals surface area contributed by atoms with Crippen LogP contribution in [0.1, 0.15) is 5.56 Å². The molecule has 6 nitrogen and oxygen atoms in total. The predicted octanol–water partition coefficient (Wildman–Crippen LogP) is -0.0432. The van der Waals surface area contributed by atoms with E-state index in [2.05, 4.69) is 5.32 Å². The van der Waals surface area contributed by atoms with Gasteiger partial charge in [-0.3, -0.25) is 0 Å². The lowest BCUT2D eigenvalue weighted by Gasteiger charge is -2.25. The van der Waals surface area contributed by atoms with Gasteiger partial charge in [-0.25, -0.2) is 8.42 Å². The molecule has 1 fully saturated rings. The van der Waals surface area contributed by atoms with Gasteiger partial charge >= 0.3 is 0 Å². The number of benzene rings is 1. The number of β-amino-alcohol motifs (C(OH)–C–C–N with tert-alkyl or cyclic N) is 1. The van der Waals surface area contributed by atoms with Gasteiger partial charge in [0, 0.05) is 20.1 Å². The fourth-order valence-corrected chi connectivity index (χ4v) is 3.85. The van der Waals surface area contributed by atoms with E-state index in [4.69, 9.17) is 4.74 Å². The molecule has 0 aliphatic carbocycles. The number of hydrogen-bond donors (Lipinski definition) is 2. The fraction of sp³-hybridized carbons (Fsp3) is 0.538. The summed E-state index contributed by atoms with van der Waals surface area (Å²) in [4.78, 5) is 0.206. The van der Waals surface area contributed by atoms with E-state index >= 15 is 0 Å². The van der Waals surface area contributed by atoms with E-state index in [0.29, 0.717) is 18.8 Å². The molecule has 0 radical (unpaired) electrons. The molecule has 0 amide bonds. The highest BCUT2D eigenvalue weighted by molar-refractivity contribution is 7.89. The Morgan fingerprint density at radius 3 is 2.60 bits per heavy atom. The van der Waals surface area contributed by atoms with E-state index < -0.39 is 22.2 Å². The van der Waals surface area contributed by atoms with Gasteiger partial charge in [-0.05, 0) is 30.7 Å². The molecule has 0 unspecified atom stereocenters. The lowest BCUT2D eigenvalue weighted by Crippen LogP contribution is -2.44. The molecule has 1 heterocycles. The van der Waals surface area contributed by atoms with Crippen LogP contribution >= 0.6 is 0 Å². The molecule has 1 aromatic carbocycles. The van der Waals surface area contributed by atoms with Crippen molar-refractivity contribution in [1.82, 2.24) is 9.62 Å². The highest BCUT2D eigenvalue weighted by Crippen LogP contribution is 2.25. The second-order valence-electron chi connectivity index (χ2n) is 4.95. The Kier molecular flexibility index (Phi) is 4.33. The Balaban J connectivity index is 2.32. The summed E-state index contributed by atoms with van der Waals surface area (Å²) in [5.74, 6) is 0.647. The van der Waals surface area contributed by atoms with Gasteiger partial charge in [-0.15, -0.1) is 0 Å². The zero-order chi connectivity index (χ0) is 14.9. The highest BCUT2D eigenvalue weighted by atomic mass is 32.2. The molecule has 1 aliphatic rings. The quantitative estimate of drug-likeness (QED) is 0.815. The van der Waals surface area contributed by atoms with Gasteiger partial charge < -0.3 is 15.2 Å². The first-order valence-corrected chi connectivity index (χ1v) is 7.83. The molecule has 7 heteroatoms. The Hall–Kier alpha value is -1.15. The molecule has 112 valence electrons. The van der Waals surface area contributed by atoms with Crippen molar-refractivity contribution in [3.63, 3.8) is 0 Å². The standard InChI is InChI=1S/C13H20N2O4S/c1-9-6-10(4-5-13(9)19-3)20(17,18)15(2)11-7-14-8-12(11)16/h4-6,11-12,14,16H,7-8H2,1-3H3/t11-,12-/m1/s1. The third-order valence-electron chi connectivity index (χ3n) is 3.66. The summed E-state index contributed by atoms with van der Waals surface area (Å²) in [6, 6.07) is 4.30. The van der Waals surface area contributed by atoms with Gasteiger partial charge in [-0.2, -0.15) is 4.31 Å². The zero-order valence-electron chi connectivity index (χ0n) is 11.8. The summed E-state index contributed by atoms with van der Waals surface area (Å²) in [6.45, 7) is 2.65. The van der Waals surface area contributed by atoms with Crippen molar-refractivity contribution in [1.29, 1.82) is 0 Å². The molecule has 2 N–H and O–H groups in total. The van der Waals surface area contributed by atoms with Crippen molar-refractivity contribution in [2.24, 2.45) is 0 Å². The Labute approximate surface area is 119 Å². The number of ether oxygens (including phenoxy) is 1. The topological polar surface area (TPSA) is 78.9 Å². The van der Waals surface area contributed by atoms with Crippen molar-refractivity contribution in [3.05, 3.63) is 23.8 Å². The van der Waals surface area contributed by atoms with Crippen molar-refractivity contribution >= 4 is 10.0 Å². The number of nitrogens with zero attached hydrogens (tertiary/aromatic N) is 1. The minimum absolute atomic E-state index is 0.206. The van der Waals surface area contributed by atoms with E-state index in [-0.39, 0.29) is 4.90 Å². The number of sulfonamides is 1. The van der Waals surface area contributed by atoms with Crippen LogP contribution in [0, 0.1) is 6.92 Å². The SMILES string of the molecule is COc1ccc(S(=O)(=O)N(C)[C@@H]2CNC[C@H]2O)cc1C. The average Bonchev–Trinajstić information content (AvgIpc) is 2.83. The van der Waals surface area contributed by atoms with Gasteiger partial charge in [0.15, 0.2) is 0 Å². The first kappa shape index (κ1) is 15.2. The number of rotatable bonds is 4. The molecule has 1 saturated heterocycles. The molecular weight excluding hydrogens is 280 g/mol. The second kappa shape index (κ2) is 5.69. The highest BCUT2D eigenvalue weighted by Gasteiger charge is 2.35. The van der Waals surface area contributed by atoms with E-state index in [1.54, 1.807) is 26.2 Å². The maximum absolute atomic E-state index is 12.6. The molecule has 20 heavy (non-hydrogen) atoms. The summed E-state index contributed by atoms with van der Waals surface area (Å²) in [5.41, 5.74) is 0.757. The van der Waals surface area contributed by atoms with Crippen LogP contribution in [0.15, 0.2) is 23.1 Å². The summed E-state index contributed by atoms with van der Waals surface area (Å²) < 4.78 is 31.5. The zero-order valence-corrected chi connectivity index (χ0v) is 12.6. The fourth-order valence-electron chi connectivity index (χ4n) is 2.38. The molecule has 2 atom stereocenters. The number of nitrogens with one attached hydrogen (secondary N) is 1. The maximum atomic E-state index is 12.6. The third-order valence-corrected chi connectivity index (χ3v) is 5.54. The Bertz CT molecular complexity index is 588. The number of aryl methyl sites for hydroxylation is 1. The first-order valence-electron chi connectivity index (χ1n) is 6.39. The van der Waals surface area contributed by atoms with Gasteiger partial charge in [-0.1, -0.05) is 0 Å². The van der Waals surface area contributed by atoms with Crippen LogP contribution < -0.4 is 10.1 Å². The predicted molar refractivity (Wildman–Crippen MR) is 75.3 cm³/mol. The van der Waals surface area contributed by atoms with Crippen molar-refractivity contribution in [2.45, 2.75) is 24.0 Å². The summed E-state index contributed by atoms with van der Waals surface area (Å²) in [6.07, 6.45) is -0.686. The summed E-state index contributed by atoms with van der Waals surface area (Å²) >= 11 is 0. The van der Waals surface area contributed by atoms with E-state index in [1.165, 1.54) is 17.4 Å². The molecular formula is C13H20N2O4S. The second-order valence-corrected chi connectivity index (χ2v) is 6.94. The lowest BCUT2D eigenvalue weighted by molar-refractivity contribution is 0.136. The van der Waals surface area contributed by atoms with Crippen molar-refractivity contribution in [2.75, 3.05) is 27.2 Å². The molecule has 1 aromatic rings. The number of likely N-dealkylation sites (N-methyl/N-ethyl adjacent to an activating group) is 1. The number of methoxy groups -OCH3 is 1. The molecule has 0 bridgehead atoms. The van der Waals surface area contributed by atoms with Crippen LogP contribution in [0.5, 0.6) is 5.75 Å². The van der Waals surface area contributed by atoms with Gasteiger partial charge in [0.05, 0.1) is 24.2 Å². The summed E-state index contributed by atoms with van der Waals surface area (Å²) in [7, 11) is -0.584. The molecule has 0 aromatic heterocycles. The summed E-state index contributed by atoms with van der Waals surface area (Å²) in [5, 5.41) is 12.8. The van der Waals surface area contributed by atoms with Crippen molar-refractivity contribution in [3.8, 4) is 5.75 Å². The van der Waals surface area contributed by atoms with Gasteiger partial charge in [0.25, 0.3) is 0 Å². The van der Waals surface area contributed by atoms with Crippen LogP contribution in [-0.2, 0) is 10.0 Å². The Morgan fingerprint density at radius 2 is 2.10 bits per heavy atom. The van der Waals surface area contributed by atoms with Crippen LogP contribution in [-0.4, -0.2) is 57.2 Å². The minimum Gasteiger partial charge on any atom is -0.496 e. The average molecular weight is 300 g/mol. The van der Waals surface area contributed by atoms with E-state index in [0.717, 1.165) is 5.56 Å². The van der Waals surface area contributed by atoms with Crippen LogP contribution in [0.4, 0.5) is 0 Å². The van der Waals surface area contributed by atoms with Crippen molar-refractivity contribution < 1.29 is 18.3 Å². The Morgan fingerprint density at radius 1 is 1.40 bits per heavy atom. The number of aliphatic hydroxyl groups excluding tert-OH is 1. The minimum atomic E-state index is -3.63. The largest absolute Gasteiger partial charge is 0.496 e. The maximum Gasteiger partial charge on any atom is 0.243 e. The molecule has 0 saturated carbocycles. The van der Waals surface area contributed by atoms with E-state index in [1.807, 2.05) is 0 Å². The van der Waals surface area contributed by atoms with Gasteiger partial charge in [0.1, 0.15) is 5.75 Å². The lowest BCUT2D eigenvalue weighted by atomic mass is 10.2. The normalized spacial score (nSPS) is 23.2.